The summed E-state index contributed by atoms with van der Waals surface area (Å²) in [6.45, 7) is 9.78. The Kier molecular flexibility index (Phi) is 5.42. The van der Waals surface area contributed by atoms with Crippen LogP contribution in [0.2, 0.25) is 0 Å². The highest BCUT2D eigenvalue weighted by Crippen LogP contribution is 2.22. The van der Waals surface area contributed by atoms with Gasteiger partial charge >= 0.3 is 5.63 Å². The Morgan fingerprint density at radius 1 is 1.22 bits per heavy atom. The standard InChI is InChI=1S/C18H24N2O3/c1-5-12(4)19-17(21)15-10-13-8-9-14(20(6-2)7-3)11-16(13)23-18(15)22/h8-12H,5-7H2,1-4H3,(H,19,21)/t12-/m1/s1. The van der Waals surface area contributed by atoms with Gasteiger partial charge in [-0.25, -0.2) is 4.79 Å². The van der Waals surface area contributed by atoms with Gasteiger partial charge in [-0.3, -0.25) is 4.79 Å². The van der Waals surface area contributed by atoms with E-state index in [-0.39, 0.29) is 17.5 Å². The Labute approximate surface area is 136 Å². The van der Waals surface area contributed by atoms with E-state index in [9.17, 15) is 9.59 Å². The predicted molar refractivity (Wildman–Crippen MR) is 93.3 cm³/mol. The second-order valence-corrected chi connectivity index (χ2v) is 5.62. The van der Waals surface area contributed by atoms with Crippen LogP contribution in [0, 0.1) is 0 Å². The highest BCUT2D eigenvalue weighted by Gasteiger charge is 2.15. The van der Waals surface area contributed by atoms with E-state index in [0.29, 0.717) is 5.58 Å². The van der Waals surface area contributed by atoms with Crippen molar-refractivity contribution in [3.8, 4) is 0 Å². The molecule has 1 aromatic heterocycles. The first kappa shape index (κ1) is 17.1. The van der Waals surface area contributed by atoms with Crippen molar-refractivity contribution < 1.29 is 9.21 Å². The molecule has 5 heteroatoms. The van der Waals surface area contributed by atoms with Crippen LogP contribution in [0.15, 0.2) is 33.5 Å². The highest BCUT2D eigenvalue weighted by molar-refractivity contribution is 5.97. The zero-order valence-electron chi connectivity index (χ0n) is 14.2. The van der Waals surface area contributed by atoms with Gasteiger partial charge in [-0.05, 0) is 45.4 Å². The number of hydrogen-bond acceptors (Lipinski definition) is 4. The summed E-state index contributed by atoms with van der Waals surface area (Å²) in [6.07, 6.45) is 0.803. The summed E-state index contributed by atoms with van der Waals surface area (Å²) in [5.74, 6) is -0.386. The SMILES string of the molecule is CC[C@@H](C)NC(=O)c1cc2ccc(N(CC)CC)cc2oc1=O. The van der Waals surface area contributed by atoms with Gasteiger partial charge in [0.05, 0.1) is 0 Å². The van der Waals surface area contributed by atoms with Gasteiger partial charge in [0.15, 0.2) is 0 Å². The maximum atomic E-state index is 12.2. The maximum Gasteiger partial charge on any atom is 0.349 e. The summed E-state index contributed by atoms with van der Waals surface area (Å²) in [5.41, 5.74) is 0.949. The van der Waals surface area contributed by atoms with Crippen molar-refractivity contribution in [3.63, 3.8) is 0 Å². The van der Waals surface area contributed by atoms with Crippen LogP contribution < -0.4 is 15.8 Å². The van der Waals surface area contributed by atoms with E-state index in [0.717, 1.165) is 30.6 Å². The van der Waals surface area contributed by atoms with E-state index in [1.54, 1.807) is 6.07 Å². The van der Waals surface area contributed by atoms with Crippen LogP contribution in [-0.4, -0.2) is 25.0 Å². The second kappa shape index (κ2) is 7.31. The van der Waals surface area contributed by atoms with Crippen LogP contribution in [0.4, 0.5) is 5.69 Å². The molecule has 1 amide bonds. The first-order valence-corrected chi connectivity index (χ1v) is 8.13. The molecule has 0 radical (unpaired) electrons. The molecule has 1 N–H and O–H groups in total. The molecule has 0 aliphatic rings. The number of rotatable bonds is 6. The van der Waals surface area contributed by atoms with Crippen molar-refractivity contribution in [2.75, 3.05) is 18.0 Å². The lowest BCUT2D eigenvalue weighted by atomic mass is 10.1. The number of benzene rings is 1. The first-order valence-electron chi connectivity index (χ1n) is 8.13. The molecule has 5 nitrogen and oxygen atoms in total. The van der Waals surface area contributed by atoms with Crippen molar-refractivity contribution in [3.05, 3.63) is 40.2 Å². The quantitative estimate of drug-likeness (QED) is 0.832. The molecule has 0 spiro atoms. The molecule has 0 aliphatic carbocycles. The lowest BCUT2D eigenvalue weighted by molar-refractivity contribution is 0.0935. The predicted octanol–water partition coefficient (Wildman–Crippen LogP) is 3.17. The zero-order chi connectivity index (χ0) is 17.0. The summed E-state index contributed by atoms with van der Waals surface area (Å²) in [7, 11) is 0. The summed E-state index contributed by atoms with van der Waals surface area (Å²) in [5, 5.41) is 3.54. The molecule has 1 atom stereocenters. The number of hydrogen-bond donors (Lipinski definition) is 1. The van der Waals surface area contributed by atoms with Gasteiger partial charge in [-0.2, -0.15) is 0 Å². The smallest absolute Gasteiger partial charge is 0.349 e. The van der Waals surface area contributed by atoms with Crippen molar-refractivity contribution in [2.24, 2.45) is 0 Å². The normalized spacial score (nSPS) is 12.2. The Bertz CT molecular complexity index is 748. The third-order valence-electron chi connectivity index (χ3n) is 4.08. The Balaban J connectivity index is 2.41. The van der Waals surface area contributed by atoms with Crippen molar-refractivity contribution >= 4 is 22.6 Å². The third kappa shape index (κ3) is 3.73. The van der Waals surface area contributed by atoms with Gasteiger partial charge in [0.25, 0.3) is 5.91 Å². The van der Waals surface area contributed by atoms with E-state index < -0.39 is 5.63 Å². The van der Waals surface area contributed by atoms with Gasteiger partial charge in [0.2, 0.25) is 0 Å². The van der Waals surface area contributed by atoms with Crippen LogP contribution in [0.5, 0.6) is 0 Å². The second-order valence-electron chi connectivity index (χ2n) is 5.62. The number of amides is 1. The van der Waals surface area contributed by atoms with E-state index in [1.165, 1.54) is 0 Å². The van der Waals surface area contributed by atoms with Crippen LogP contribution in [0.25, 0.3) is 11.0 Å². The lowest BCUT2D eigenvalue weighted by Crippen LogP contribution is -2.34. The van der Waals surface area contributed by atoms with Crippen molar-refractivity contribution in [2.45, 2.75) is 40.2 Å². The topological polar surface area (TPSA) is 62.6 Å². The van der Waals surface area contributed by atoms with E-state index in [2.05, 4.69) is 24.1 Å². The maximum absolute atomic E-state index is 12.2. The molecule has 0 saturated heterocycles. The average molecular weight is 316 g/mol. The van der Waals surface area contributed by atoms with Gasteiger partial charge in [0.1, 0.15) is 11.1 Å². The van der Waals surface area contributed by atoms with E-state index >= 15 is 0 Å². The average Bonchev–Trinajstić information content (AvgIpc) is 2.54. The Morgan fingerprint density at radius 3 is 2.52 bits per heavy atom. The summed E-state index contributed by atoms with van der Waals surface area (Å²) < 4.78 is 5.37. The number of nitrogens with one attached hydrogen (secondary N) is 1. The van der Waals surface area contributed by atoms with Gasteiger partial charge in [-0.15, -0.1) is 0 Å². The molecule has 0 saturated carbocycles. The van der Waals surface area contributed by atoms with Gasteiger partial charge in [-0.1, -0.05) is 6.92 Å². The molecule has 23 heavy (non-hydrogen) atoms. The summed E-state index contributed by atoms with van der Waals surface area (Å²) >= 11 is 0. The Morgan fingerprint density at radius 2 is 1.91 bits per heavy atom. The molecular weight excluding hydrogens is 292 g/mol. The highest BCUT2D eigenvalue weighted by atomic mass is 16.4. The van der Waals surface area contributed by atoms with Gasteiger partial charge in [0, 0.05) is 36.3 Å². The molecule has 0 unspecified atom stereocenters. The largest absolute Gasteiger partial charge is 0.422 e. The number of fused-ring (bicyclic) bond motifs is 1. The molecular formula is C18H24N2O3. The number of carbonyl (C=O) groups excluding carboxylic acids is 1. The van der Waals surface area contributed by atoms with Crippen LogP contribution in [-0.2, 0) is 0 Å². The summed E-state index contributed by atoms with van der Waals surface area (Å²) in [4.78, 5) is 26.5. The van der Waals surface area contributed by atoms with Crippen LogP contribution in [0.1, 0.15) is 44.5 Å². The fourth-order valence-electron chi connectivity index (χ4n) is 2.45. The molecule has 2 aromatic rings. The molecule has 1 aromatic carbocycles. The minimum absolute atomic E-state index is 0.0163. The minimum Gasteiger partial charge on any atom is -0.422 e. The molecule has 0 aliphatic heterocycles. The fraction of sp³-hybridized carbons (Fsp3) is 0.444. The summed E-state index contributed by atoms with van der Waals surface area (Å²) in [6, 6.07) is 7.32. The van der Waals surface area contributed by atoms with E-state index in [1.807, 2.05) is 32.0 Å². The fourth-order valence-corrected chi connectivity index (χ4v) is 2.45. The Hall–Kier alpha value is -2.30. The molecule has 0 bridgehead atoms. The number of nitrogens with zero attached hydrogens (tertiary/aromatic N) is 1. The van der Waals surface area contributed by atoms with Crippen LogP contribution >= 0.6 is 0 Å². The third-order valence-corrected chi connectivity index (χ3v) is 4.08. The number of anilines is 1. The van der Waals surface area contributed by atoms with E-state index in [4.69, 9.17) is 4.42 Å². The minimum atomic E-state index is -0.602. The zero-order valence-corrected chi connectivity index (χ0v) is 14.2. The lowest BCUT2D eigenvalue weighted by Gasteiger charge is -2.21. The number of carbonyl (C=O) groups is 1. The van der Waals surface area contributed by atoms with Gasteiger partial charge < -0.3 is 14.6 Å². The molecule has 124 valence electrons. The monoisotopic (exact) mass is 316 g/mol. The first-order chi connectivity index (χ1) is 11.0. The van der Waals surface area contributed by atoms with Crippen molar-refractivity contribution in [1.82, 2.24) is 5.32 Å². The molecule has 1 heterocycles. The van der Waals surface area contributed by atoms with Crippen LogP contribution in [0.3, 0.4) is 0 Å². The van der Waals surface area contributed by atoms with Crippen molar-refractivity contribution in [1.29, 1.82) is 0 Å². The molecule has 0 fully saturated rings. The molecule has 2 rings (SSSR count).